The summed E-state index contributed by atoms with van der Waals surface area (Å²) in [6.07, 6.45) is 6.85. The summed E-state index contributed by atoms with van der Waals surface area (Å²) in [5.74, 6) is 0. The monoisotopic (exact) mass is 132 g/mol. The van der Waals surface area contributed by atoms with Gasteiger partial charge in [0, 0.05) is 12.6 Å². The lowest BCUT2D eigenvalue weighted by Crippen LogP contribution is -1.93. The van der Waals surface area contributed by atoms with Gasteiger partial charge in [-0.25, -0.2) is 0 Å². The lowest BCUT2D eigenvalue weighted by atomic mass is 10.3. The van der Waals surface area contributed by atoms with Gasteiger partial charge in [-0.2, -0.15) is 0 Å². The van der Waals surface area contributed by atoms with E-state index in [1.807, 2.05) is 13.0 Å². The summed E-state index contributed by atoms with van der Waals surface area (Å²) in [5, 5.41) is 0. The van der Waals surface area contributed by atoms with E-state index in [4.69, 9.17) is 0 Å². The standard InChI is InChI=1S/C8H8N2/c1-6-5-9-7-3-2-4-8(7)10-6/h2-3,5H,4H2,1H3. The van der Waals surface area contributed by atoms with Crippen molar-refractivity contribution < 1.29 is 0 Å². The Hall–Kier alpha value is -1.18. The summed E-state index contributed by atoms with van der Waals surface area (Å²) in [6, 6.07) is 0. The van der Waals surface area contributed by atoms with Gasteiger partial charge in [-0.1, -0.05) is 6.08 Å². The van der Waals surface area contributed by atoms with Crippen molar-refractivity contribution >= 4 is 6.08 Å². The van der Waals surface area contributed by atoms with Gasteiger partial charge in [0.1, 0.15) is 0 Å². The number of allylic oxidation sites excluding steroid dienone is 1. The van der Waals surface area contributed by atoms with Gasteiger partial charge in [0.05, 0.1) is 17.1 Å². The molecule has 0 atom stereocenters. The lowest BCUT2D eigenvalue weighted by Gasteiger charge is -1.96. The summed E-state index contributed by atoms with van der Waals surface area (Å²) in [4.78, 5) is 8.54. The van der Waals surface area contributed by atoms with Crippen LogP contribution < -0.4 is 0 Å². The molecule has 0 N–H and O–H groups in total. The van der Waals surface area contributed by atoms with E-state index < -0.39 is 0 Å². The largest absolute Gasteiger partial charge is 0.254 e. The van der Waals surface area contributed by atoms with E-state index in [2.05, 4.69) is 16.0 Å². The second-order valence-corrected chi connectivity index (χ2v) is 2.45. The predicted molar refractivity (Wildman–Crippen MR) is 39.5 cm³/mol. The van der Waals surface area contributed by atoms with Crippen LogP contribution in [0.2, 0.25) is 0 Å². The minimum absolute atomic E-state index is 0.948. The molecule has 10 heavy (non-hydrogen) atoms. The van der Waals surface area contributed by atoms with E-state index in [1.54, 1.807) is 6.20 Å². The Labute approximate surface area is 59.6 Å². The van der Waals surface area contributed by atoms with Crippen molar-refractivity contribution in [3.63, 3.8) is 0 Å². The van der Waals surface area contributed by atoms with E-state index >= 15 is 0 Å². The van der Waals surface area contributed by atoms with Crippen LogP contribution in [-0.2, 0) is 6.42 Å². The number of fused-ring (bicyclic) bond motifs is 1. The molecule has 0 aromatic carbocycles. The van der Waals surface area contributed by atoms with Crippen LogP contribution in [0.3, 0.4) is 0 Å². The first-order chi connectivity index (χ1) is 4.86. The molecule has 0 amide bonds. The lowest BCUT2D eigenvalue weighted by molar-refractivity contribution is 1.02. The third-order valence-electron chi connectivity index (χ3n) is 1.58. The molecule has 1 aromatic rings. The molecule has 50 valence electrons. The summed E-state index contributed by atoms with van der Waals surface area (Å²) < 4.78 is 0. The van der Waals surface area contributed by atoms with Gasteiger partial charge in [-0.05, 0) is 13.0 Å². The van der Waals surface area contributed by atoms with Gasteiger partial charge in [-0.3, -0.25) is 9.97 Å². The van der Waals surface area contributed by atoms with E-state index in [0.29, 0.717) is 0 Å². The van der Waals surface area contributed by atoms with Crippen molar-refractivity contribution in [1.29, 1.82) is 0 Å². The minimum atomic E-state index is 0.948. The van der Waals surface area contributed by atoms with E-state index in [1.165, 1.54) is 0 Å². The first kappa shape index (κ1) is 5.59. The fourth-order valence-electron chi connectivity index (χ4n) is 1.11. The van der Waals surface area contributed by atoms with Crippen molar-refractivity contribution in [2.24, 2.45) is 0 Å². The van der Waals surface area contributed by atoms with Crippen LogP contribution in [-0.4, -0.2) is 9.97 Å². The van der Waals surface area contributed by atoms with Crippen LogP contribution in [0.4, 0.5) is 0 Å². The van der Waals surface area contributed by atoms with Gasteiger partial charge >= 0.3 is 0 Å². The first-order valence-electron chi connectivity index (χ1n) is 3.35. The maximum Gasteiger partial charge on any atom is 0.0845 e. The van der Waals surface area contributed by atoms with Gasteiger partial charge < -0.3 is 0 Å². The first-order valence-corrected chi connectivity index (χ1v) is 3.35. The molecule has 0 aliphatic heterocycles. The zero-order chi connectivity index (χ0) is 6.97. The van der Waals surface area contributed by atoms with Crippen molar-refractivity contribution in [2.75, 3.05) is 0 Å². The van der Waals surface area contributed by atoms with E-state index in [0.717, 1.165) is 23.5 Å². The number of rotatable bonds is 0. The third kappa shape index (κ3) is 0.727. The molecule has 2 heteroatoms. The predicted octanol–water partition coefficient (Wildman–Crippen LogP) is 1.35. The Morgan fingerprint density at radius 3 is 3.30 bits per heavy atom. The topological polar surface area (TPSA) is 25.8 Å². The molecule has 2 nitrogen and oxygen atoms in total. The normalized spacial score (nSPS) is 13.7. The average Bonchev–Trinajstić information content (AvgIpc) is 2.33. The molecule has 1 heterocycles. The highest BCUT2D eigenvalue weighted by atomic mass is 14.8. The smallest absolute Gasteiger partial charge is 0.0845 e. The zero-order valence-electron chi connectivity index (χ0n) is 5.83. The molecule has 0 bridgehead atoms. The summed E-state index contributed by atoms with van der Waals surface area (Å²) in [7, 11) is 0. The van der Waals surface area contributed by atoms with Crippen LogP contribution in [0.15, 0.2) is 12.3 Å². The molecule has 0 saturated heterocycles. The Morgan fingerprint density at radius 1 is 1.50 bits per heavy atom. The van der Waals surface area contributed by atoms with Crippen molar-refractivity contribution in [3.05, 3.63) is 29.4 Å². The number of aryl methyl sites for hydroxylation is 1. The number of hydrogen-bond donors (Lipinski definition) is 0. The Bertz CT molecular complexity index is 289. The van der Waals surface area contributed by atoms with Crippen LogP contribution in [0.25, 0.3) is 6.08 Å². The second-order valence-electron chi connectivity index (χ2n) is 2.45. The second kappa shape index (κ2) is 1.90. The van der Waals surface area contributed by atoms with Gasteiger partial charge in [0.25, 0.3) is 0 Å². The molecule has 1 aromatic heterocycles. The fourth-order valence-corrected chi connectivity index (χ4v) is 1.11. The highest BCUT2D eigenvalue weighted by molar-refractivity contribution is 5.53. The van der Waals surface area contributed by atoms with Crippen LogP contribution in [0.5, 0.6) is 0 Å². The van der Waals surface area contributed by atoms with Crippen molar-refractivity contribution in [3.8, 4) is 0 Å². The maximum absolute atomic E-state index is 4.33. The molecule has 0 fully saturated rings. The van der Waals surface area contributed by atoms with Crippen molar-refractivity contribution in [1.82, 2.24) is 9.97 Å². The zero-order valence-corrected chi connectivity index (χ0v) is 5.83. The average molecular weight is 132 g/mol. The van der Waals surface area contributed by atoms with E-state index in [-0.39, 0.29) is 0 Å². The van der Waals surface area contributed by atoms with Crippen LogP contribution >= 0.6 is 0 Å². The van der Waals surface area contributed by atoms with E-state index in [9.17, 15) is 0 Å². The molecule has 1 aliphatic rings. The third-order valence-corrected chi connectivity index (χ3v) is 1.58. The fraction of sp³-hybridized carbons (Fsp3) is 0.250. The molecule has 0 unspecified atom stereocenters. The Kier molecular flexibility index (Phi) is 1.07. The quantitative estimate of drug-likeness (QED) is 0.532. The van der Waals surface area contributed by atoms with Gasteiger partial charge in [0.15, 0.2) is 0 Å². The van der Waals surface area contributed by atoms with Crippen molar-refractivity contribution in [2.45, 2.75) is 13.3 Å². The Balaban J connectivity index is 2.59. The molecule has 0 radical (unpaired) electrons. The highest BCUT2D eigenvalue weighted by Gasteiger charge is 2.06. The van der Waals surface area contributed by atoms with Gasteiger partial charge in [-0.15, -0.1) is 0 Å². The SMILES string of the molecule is Cc1cnc2c(n1)CC=C2. The number of hydrogen-bond acceptors (Lipinski definition) is 2. The van der Waals surface area contributed by atoms with Gasteiger partial charge in [0.2, 0.25) is 0 Å². The molecule has 1 aliphatic carbocycles. The number of nitrogens with zero attached hydrogens (tertiary/aromatic N) is 2. The highest BCUT2D eigenvalue weighted by Crippen LogP contribution is 2.13. The molecule has 0 saturated carbocycles. The maximum atomic E-state index is 4.33. The Morgan fingerprint density at radius 2 is 2.40 bits per heavy atom. The number of aromatic nitrogens is 2. The summed E-state index contributed by atoms with van der Waals surface area (Å²) in [6.45, 7) is 1.96. The summed E-state index contributed by atoms with van der Waals surface area (Å²) in [5.41, 5.74) is 3.15. The molecule has 2 rings (SSSR count). The molecule has 0 spiro atoms. The summed E-state index contributed by atoms with van der Waals surface area (Å²) >= 11 is 0. The molecular weight excluding hydrogens is 124 g/mol. The van der Waals surface area contributed by atoms with Crippen LogP contribution in [0.1, 0.15) is 17.1 Å². The molecular formula is C8H8N2. The minimum Gasteiger partial charge on any atom is -0.254 e. The van der Waals surface area contributed by atoms with Crippen LogP contribution in [0, 0.1) is 6.92 Å².